The van der Waals surface area contributed by atoms with Crippen LogP contribution in [-0.4, -0.2) is 30.8 Å². The van der Waals surface area contributed by atoms with Crippen molar-refractivity contribution in [1.82, 2.24) is 9.29 Å². The van der Waals surface area contributed by atoms with Crippen molar-refractivity contribution in [2.75, 3.05) is 6.54 Å². The Labute approximate surface area is 114 Å². The second-order valence-corrected chi connectivity index (χ2v) is 6.49. The molecule has 1 fully saturated rings. The van der Waals surface area contributed by atoms with Gasteiger partial charge in [-0.2, -0.15) is 13.2 Å². The smallest absolute Gasteiger partial charge is 0.390 e. The van der Waals surface area contributed by atoms with E-state index in [1.165, 1.54) is 12.3 Å². The molecule has 20 heavy (non-hydrogen) atoms. The highest BCUT2D eigenvalue weighted by molar-refractivity contribution is 7.89. The fraction of sp³-hybridized carbons (Fsp3) is 0.636. The Bertz CT molecular complexity index is 576. The Hall–Kier alpha value is -1.06. The molecule has 0 unspecified atom stereocenters. The maximum absolute atomic E-state index is 12.0. The lowest BCUT2D eigenvalue weighted by atomic mass is 10.4. The number of nitrogens with one attached hydrogen (secondary N) is 1. The number of halogens is 3. The zero-order valence-electron chi connectivity index (χ0n) is 10.5. The van der Waals surface area contributed by atoms with Crippen LogP contribution in [0.3, 0.4) is 0 Å². The highest BCUT2D eigenvalue weighted by Crippen LogP contribution is 2.37. The third-order valence-corrected chi connectivity index (χ3v) is 4.45. The first-order valence-electron chi connectivity index (χ1n) is 6.11. The van der Waals surface area contributed by atoms with Gasteiger partial charge in [0.05, 0.1) is 17.9 Å². The van der Waals surface area contributed by atoms with E-state index in [1.54, 1.807) is 4.57 Å². The summed E-state index contributed by atoms with van der Waals surface area (Å²) in [5.41, 5.74) is 0.448. The van der Waals surface area contributed by atoms with E-state index in [2.05, 4.69) is 0 Å². The molecule has 2 N–H and O–H groups in total. The molecule has 114 valence electrons. The molecule has 0 aliphatic heterocycles. The van der Waals surface area contributed by atoms with Gasteiger partial charge in [-0.25, -0.2) is 13.1 Å². The van der Waals surface area contributed by atoms with Crippen molar-refractivity contribution < 1.29 is 26.7 Å². The van der Waals surface area contributed by atoms with Gasteiger partial charge < -0.3 is 9.67 Å². The summed E-state index contributed by atoms with van der Waals surface area (Å²) in [6.07, 6.45) is -2.45. The van der Waals surface area contributed by atoms with Crippen molar-refractivity contribution in [3.63, 3.8) is 0 Å². The molecule has 0 atom stereocenters. The molecule has 0 amide bonds. The number of sulfonamides is 1. The number of aliphatic hydroxyl groups excluding tert-OH is 1. The molecule has 0 aromatic carbocycles. The van der Waals surface area contributed by atoms with Crippen LogP contribution in [0.25, 0.3) is 0 Å². The molecule has 1 saturated carbocycles. The van der Waals surface area contributed by atoms with Gasteiger partial charge in [0, 0.05) is 24.5 Å². The standard InChI is InChI=1S/C11H15F3N2O3S/c12-11(13,14)3-4-15-20(18,19)10-5-9(7-17)16(6-10)8-1-2-8/h5-6,8,15,17H,1-4,7H2. The van der Waals surface area contributed by atoms with Crippen LogP contribution in [0.15, 0.2) is 17.2 Å². The zero-order chi connectivity index (χ0) is 15.0. The van der Waals surface area contributed by atoms with Gasteiger partial charge in [0.1, 0.15) is 0 Å². The molecule has 0 saturated heterocycles. The summed E-state index contributed by atoms with van der Waals surface area (Å²) >= 11 is 0. The van der Waals surface area contributed by atoms with Crippen LogP contribution in [0.2, 0.25) is 0 Å². The Morgan fingerprint density at radius 2 is 2.05 bits per heavy atom. The molecule has 1 aromatic rings. The summed E-state index contributed by atoms with van der Waals surface area (Å²) < 4.78 is 63.3. The van der Waals surface area contributed by atoms with Gasteiger partial charge in [-0.3, -0.25) is 0 Å². The molecule has 0 spiro atoms. The van der Waals surface area contributed by atoms with Crippen molar-refractivity contribution >= 4 is 10.0 Å². The molecular weight excluding hydrogens is 297 g/mol. The van der Waals surface area contributed by atoms with E-state index in [0.717, 1.165) is 12.8 Å². The average molecular weight is 312 g/mol. The van der Waals surface area contributed by atoms with Gasteiger partial charge in [-0.1, -0.05) is 0 Å². The summed E-state index contributed by atoms with van der Waals surface area (Å²) in [4.78, 5) is -0.115. The number of hydrogen-bond acceptors (Lipinski definition) is 3. The fourth-order valence-corrected chi connectivity index (χ4v) is 2.95. The highest BCUT2D eigenvalue weighted by atomic mass is 32.2. The number of alkyl halides is 3. The molecular formula is C11H15F3N2O3S. The normalized spacial score (nSPS) is 16.6. The third-order valence-electron chi connectivity index (χ3n) is 3.02. The molecule has 0 radical (unpaired) electrons. The summed E-state index contributed by atoms with van der Waals surface area (Å²) in [5.74, 6) is 0. The number of rotatable bonds is 6. The van der Waals surface area contributed by atoms with Crippen molar-refractivity contribution in [2.45, 2.75) is 43.0 Å². The average Bonchev–Trinajstić information content (AvgIpc) is 3.06. The van der Waals surface area contributed by atoms with Crippen molar-refractivity contribution in [1.29, 1.82) is 0 Å². The van der Waals surface area contributed by atoms with Gasteiger partial charge in [-0.05, 0) is 18.9 Å². The quantitative estimate of drug-likeness (QED) is 0.837. The van der Waals surface area contributed by atoms with E-state index in [9.17, 15) is 26.7 Å². The van der Waals surface area contributed by atoms with E-state index < -0.39 is 29.2 Å². The number of aliphatic hydroxyl groups is 1. The second-order valence-electron chi connectivity index (χ2n) is 4.73. The van der Waals surface area contributed by atoms with Crippen LogP contribution in [-0.2, 0) is 16.6 Å². The van der Waals surface area contributed by atoms with E-state index >= 15 is 0 Å². The maximum Gasteiger partial charge on any atom is 0.390 e. The number of hydrogen-bond donors (Lipinski definition) is 2. The molecule has 1 heterocycles. The largest absolute Gasteiger partial charge is 0.390 e. The summed E-state index contributed by atoms with van der Waals surface area (Å²) in [6, 6.07) is 1.46. The van der Waals surface area contributed by atoms with Crippen molar-refractivity contribution in [2.24, 2.45) is 0 Å². The molecule has 1 aliphatic rings. The first-order chi connectivity index (χ1) is 9.23. The molecule has 9 heteroatoms. The van der Waals surface area contributed by atoms with E-state index in [1.807, 2.05) is 4.72 Å². The number of aromatic nitrogens is 1. The van der Waals surface area contributed by atoms with Crippen LogP contribution >= 0.6 is 0 Å². The second kappa shape index (κ2) is 5.38. The van der Waals surface area contributed by atoms with Gasteiger partial charge in [0.15, 0.2) is 0 Å². The predicted octanol–water partition coefficient (Wildman–Crippen LogP) is 1.55. The van der Waals surface area contributed by atoms with Crippen LogP contribution < -0.4 is 4.72 Å². The lowest BCUT2D eigenvalue weighted by Gasteiger charge is -2.07. The minimum absolute atomic E-state index is 0.115. The maximum atomic E-state index is 12.0. The first-order valence-corrected chi connectivity index (χ1v) is 7.59. The van der Waals surface area contributed by atoms with E-state index in [4.69, 9.17) is 0 Å². The summed E-state index contributed by atoms with van der Waals surface area (Å²) in [5, 5.41) is 9.17. The Kier molecular flexibility index (Phi) is 4.12. The minimum Gasteiger partial charge on any atom is -0.390 e. The first kappa shape index (κ1) is 15.3. The van der Waals surface area contributed by atoms with Gasteiger partial charge >= 0.3 is 6.18 Å². The molecule has 0 bridgehead atoms. The predicted molar refractivity (Wildman–Crippen MR) is 64.5 cm³/mol. The van der Waals surface area contributed by atoms with Gasteiger partial charge in [0.25, 0.3) is 0 Å². The van der Waals surface area contributed by atoms with Crippen LogP contribution in [0.1, 0.15) is 31.0 Å². The van der Waals surface area contributed by atoms with Crippen LogP contribution in [0.4, 0.5) is 13.2 Å². The Morgan fingerprint density at radius 3 is 2.55 bits per heavy atom. The SMILES string of the molecule is O=S(=O)(NCCC(F)(F)F)c1cc(CO)n(C2CC2)c1. The molecule has 1 aromatic heterocycles. The van der Waals surface area contributed by atoms with E-state index in [0.29, 0.717) is 5.69 Å². The Morgan fingerprint density at radius 1 is 1.40 bits per heavy atom. The van der Waals surface area contributed by atoms with Crippen molar-refractivity contribution in [3.8, 4) is 0 Å². The van der Waals surface area contributed by atoms with Gasteiger partial charge in [-0.15, -0.1) is 0 Å². The van der Waals surface area contributed by atoms with Crippen LogP contribution in [0, 0.1) is 0 Å². The lowest BCUT2D eigenvalue weighted by molar-refractivity contribution is -0.132. The monoisotopic (exact) mass is 312 g/mol. The third kappa shape index (κ3) is 3.74. The summed E-state index contributed by atoms with van der Waals surface area (Å²) in [7, 11) is -3.98. The van der Waals surface area contributed by atoms with E-state index in [-0.39, 0.29) is 17.5 Å². The lowest BCUT2D eigenvalue weighted by Crippen LogP contribution is -2.27. The molecule has 2 rings (SSSR count). The zero-order valence-corrected chi connectivity index (χ0v) is 11.3. The van der Waals surface area contributed by atoms with Gasteiger partial charge in [0.2, 0.25) is 10.0 Å². The molecule has 5 nitrogen and oxygen atoms in total. The minimum atomic E-state index is -4.40. The fourth-order valence-electron chi connectivity index (χ4n) is 1.87. The Balaban J connectivity index is 2.09. The van der Waals surface area contributed by atoms with Crippen molar-refractivity contribution in [3.05, 3.63) is 18.0 Å². The number of nitrogens with zero attached hydrogens (tertiary/aromatic N) is 1. The highest BCUT2D eigenvalue weighted by Gasteiger charge is 2.30. The topological polar surface area (TPSA) is 71.3 Å². The summed E-state index contributed by atoms with van der Waals surface area (Å²) in [6.45, 7) is -1.01. The molecule has 1 aliphatic carbocycles. The van der Waals surface area contributed by atoms with Crippen LogP contribution in [0.5, 0.6) is 0 Å².